The third kappa shape index (κ3) is 17.2. The van der Waals surface area contributed by atoms with Gasteiger partial charge in [0, 0.05) is 6.61 Å². The Bertz CT molecular complexity index is 584. The monoisotopic (exact) mass is 442 g/mol. The van der Waals surface area contributed by atoms with Crippen LogP contribution in [0.25, 0.3) is 0 Å². The molecule has 0 amide bonds. The molecule has 6 heteroatoms. The Morgan fingerprint density at radius 3 is 1.75 bits per heavy atom. The molecule has 0 heterocycles. The van der Waals surface area contributed by atoms with Crippen LogP contribution in [-0.2, 0) is 16.5 Å². The maximum absolute atomic E-state index is 11.3. The van der Waals surface area contributed by atoms with Crippen molar-refractivity contribution in [3.05, 3.63) is 29.8 Å². The van der Waals surface area contributed by atoms with Gasteiger partial charge in [0.15, 0.2) is 0 Å². The molecule has 0 saturated carbocycles. The van der Waals surface area contributed by atoms with Gasteiger partial charge in [0.05, 0.1) is 4.90 Å². The van der Waals surface area contributed by atoms with Crippen LogP contribution in [0.3, 0.4) is 0 Å². The van der Waals surface area contributed by atoms with Gasteiger partial charge in [0.25, 0.3) is 10.1 Å². The number of aryl methyl sites for hydroxylation is 1. The first-order chi connectivity index (χ1) is 12.8. The molecule has 28 heavy (non-hydrogen) atoms. The van der Waals surface area contributed by atoms with E-state index in [1.165, 1.54) is 57.4 Å². The minimum Gasteiger partial charge on any atom is -1.00 e. The molecular weight excluding hydrogens is 400 g/mol. The third-order valence-corrected chi connectivity index (χ3v) is 5.37. The first-order valence-electron chi connectivity index (χ1n) is 10.5. The molecule has 2 N–H and O–H groups in total. The fourth-order valence-electron chi connectivity index (χ4n) is 2.76. The number of hydrogen-bond donors (Lipinski definition) is 2. The van der Waals surface area contributed by atoms with Gasteiger partial charge in [-0.1, -0.05) is 96.8 Å². The first-order valence-corrected chi connectivity index (χ1v) is 11.9. The smallest absolute Gasteiger partial charge is 1.00 e. The van der Waals surface area contributed by atoms with Crippen LogP contribution in [0.1, 0.15) is 93.4 Å². The Kier molecular flexibility index (Phi) is 21.1. The zero-order valence-corrected chi connectivity index (χ0v) is 21.2. The fraction of sp³-hybridized carbons (Fsp3) is 0.727. The molecule has 0 radical (unpaired) electrons. The summed E-state index contributed by atoms with van der Waals surface area (Å²) in [6.07, 6.45) is 13.3. The number of hydrogen-bond acceptors (Lipinski definition) is 3. The van der Waals surface area contributed by atoms with Crippen molar-refractivity contribution in [3.8, 4) is 0 Å². The number of aliphatic hydroxyl groups is 1. The SMILES string of the molecule is CC(C)CO.CCCCCCCCCCCCc1ccccc1S(=O)(=O)O.[Ca+2].[H-].[H-]. The van der Waals surface area contributed by atoms with E-state index in [1.807, 2.05) is 19.9 Å². The second-order valence-electron chi connectivity index (χ2n) is 7.59. The minimum absolute atomic E-state index is 0. The zero-order valence-electron chi connectivity index (χ0n) is 20.2. The van der Waals surface area contributed by atoms with E-state index >= 15 is 0 Å². The van der Waals surface area contributed by atoms with Gasteiger partial charge < -0.3 is 7.96 Å². The molecule has 0 aliphatic carbocycles. The molecule has 0 spiro atoms. The van der Waals surface area contributed by atoms with Crippen LogP contribution in [0, 0.1) is 5.92 Å². The van der Waals surface area contributed by atoms with Crippen molar-refractivity contribution in [1.29, 1.82) is 0 Å². The van der Waals surface area contributed by atoms with Gasteiger partial charge in [-0.05, 0) is 30.4 Å². The van der Waals surface area contributed by atoms with Crippen molar-refractivity contribution in [1.82, 2.24) is 0 Å². The second kappa shape index (κ2) is 19.3. The molecule has 162 valence electrons. The molecule has 0 aliphatic rings. The summed E-state index contributed by atoms with van der Waals surface area (Å²) >= 11 is 0. The van der Waals surface area contributed by atoms with Crippen LogP contribution in [0.5, 0.6) is 0 Å². The molecular formula is C22H42CaO4S. The van der Waals surface area contributed by atoms with Gasteiger partial charge in [-0.3, -0.25) is 4.55 Å². The molecule has 0 aliphatic heterocycles. The van der Waals surface area contributed by atoms with Crippen LogP contribution in [0.4, 0.5) is 0 Å². The van der Waals surface area contributed by atoms with E-state index in [2.05, 4.69) is 6.92 Å². The Labute approximate surface area is 206 Å². The van der Waals surface area contributed by atoms with E-state index in [0.29, 0.717) is 18.9 Å². The van der Waals surface area contributed by atoms with E-state index in [0.717, 1.165) is 18.4 Å². The molecule has 0 unspecified atom stereocenters. The largest absolute Gasteiger partial charge is 2.00 e. The van der Waals surface area contributed by atoms with Crippen LogP contribution < -0.4 is 0 Å². The summed E-state index contributed by atoms with van der Waals surface area (Å²) in [7, 11) is -4.10. The van der Waals surface area contributed by atoms with E-state index in [4.69, 9.17) is 5.11 Å². The average molecular weight is 443 g/mol. The number of benzene rings is 1. The molecule has 4 nitrogen and oxygen atoms in total. The van der Waals surface area contributed by atoms with Crippen molar-refractivity contribution in [2.24, 2.45) is 5.92 Å². The molecule has 1 aromatic carbocycles. The number of aliphatic hydroxyl groups excluding tert-OH is 1. The summed E-state index contributed by atoms with van der Waals surface area (Å²) in [6.45, 7) is 6.49. The van der Waals surface area contributed by atoms with Crippen LogP contribution >= 0.6 is 0 Å². The molecule has 0 fully saturated rings. The van der Waals surface area contributed by atoms with Gasteiger partial charge in [0.1, 0.15) is 0 Å². The van der Waals surface area contributed by atoms with E-state index in [1.54, 1.807) is 12.1 Å². The van der Waals surface area contributed by atoms with Gasteiger partial charge >= 0.3 is 37.7 Å². The van der Waals surface area contributed by atoms with E-state index < -0.39 is 10.1 Å². The van der Waals surface area contributed by atoms with E-state index in [9.17, 15) is 13.0 Å². The Morgan fingerprint density at radius 2 is 1.32 bits per heavy atom. The predicted molar refractivity (Wildman–Crippen MR) is 122 cm³/mol. The van der Waals surface area contributed by atoms with Crippen molar-refractivity contribution >= 4 is 47.9 Å². The van der Waals surface area contributed by atoms with Crippen LogP contribution in [0.2, 0.25) is 0 Å². The van der Waals surface area contributed by atoms with E-state index in [-0.39, 0.29) is 45.5 Å². The van der Waals surface area contributed by atoms with Crippen molar-refractivity contribution in [2.45, 2.75) is 96.3 Å². The summed E-state index contributed by atoms with van der Waals surface area (Å²) in [4.78, 5) is 0.0610. The molecule has 0 saturated heterocycles. The zero-order chi connectivity index (χ0) is 20.5. The first kappa shape index (κ1) is 30.5. The summed E-state index contributed by atoms with van der Waals surface area (Å²) in [5.74, 6) is 0.440. The molecule has 1 aromatic rings. The Morgan fingerprint density at radius 1 is 0.893 bits per heavy atom. The minimum atomic E-state index is -4.10. The molecule has 0 aromatic heterocycles. The third-order valence-electron chi connectivity index (χ3n) is 4.42. The number of unbranched alkanes of at least 4 members (excludes halogenated alkanes) is 9. The Balaban J connectivity index is -0.000000378. The summed E-state index contributed by atoms with van der Waals surface area (Å²) in [6, 6.07) is 6.73. The second-order valence-corrected chi connectivity index (χ2v) is 8.98. The fourth-order valence-corrected chi connectivity index (χ4v) is 3.52. The van der Waals surface area contributed by atoms with Crippen molar-refractivity contribution in [2.75, 3.05) is 6.61 Å². The van der Waals surface area contributed by atoms with Gasteiger partial charge in [-0.15, -0.1) is 0 Å². The average Bonchev–Trinajstić information content (AvgIpc) is 2.63. The van der Waals surface area contributed by atoms with Gasteiger partial charge in [-0.25, -0.2) is 0 Å². The Hall–Kier alpha value is 0.350. The maximum Gasteiger partial charge on any atom is 2.00 e. The standard InChI is InChI=1S/C18H30O3S.C4H10O.Ca.2H/c1-2-3-4-5-6-7-8-9-10-11-14-17-15-12-13-16-18(17)22(19,20)21;1-4(2)3-5;;;/h12-13,15-16H,2-11,14H2,1H3,(H,19,20,21);4-5H,3H2,1-2H3;;;/q;;+2;2*-1. The quantitative estimate of drug-likeness (QED) is 0.227. The molecule has 0 atom stereocenters. The predicted octanol–water partition coefficient (Wildman–Crippen LogP) is 5.88. The maximum atomic E-state index is 11.3. The normalized spacial score (nSPS) is 10.9. The van der Waals surface area contributed by atoms with Gasteiger partial charge in [-0.2, -0.15) is 8.42 Å². The van der Waals surface area contributed by atoms with Crippen LogP contribution in [-0.4, -0.2) is 62.4 Å². The topological polar surface area (TPSA) is 74.6 Å². The van der Waals surface area contributed by atoms with Crippen LogP contribution in [0.15, 0.2) is 29.2 Å². The molecule has 1 rings (SSSR count). The summed E-state index contributed by atoms with van der Waals surface area (Å²) < 4.78 is 31.8. The van der Waals surface area contributed by atoms with Crippen molar-refractivity contribution in [3.63, 3.8) is 0 Å². The molecule has 0 bridgehead atoms. The van der Waals surface area contributed by atoms with Gasteiger partial charge in [0.2, 0.25) is 0 Å². The number of rotatable bonds is 13. The summed E-state index contributed by atoms with van der Waals surface area (Å²) in [5.41, 5.74) is 0.726. The summed E-state index contributed by atoms with van der Waals surface area (Å²) in [5, 5.41) is 8.14. The van der Waals surface area contributed by atoms with Crippen molar-refractivity contribution < 1.29 is 20.9 Å².